The summed E-state index contributed by atoms with van der Waals surface area (Å²) in [4.78, 5) is 53.7. The Labute approximate surface area is 234 Å². The number of nitrogens with zero attached hydrogens (tertiary/aromatic N) is 1. The molecule has 0 spiro atoms. The predicted molar refractivity (Wildman–Crippen MR) is 146 cm³/mol. The van der Waals surface area contributed by atoms with E-state index >= 15 is 0 Å². The van der Waals surface area contributed by atoms with Crippen LogP contribution in [0.3, 0.4) is 0 Å². The van der Waals surface area contributed by atoms with Crippen molar-refractivity contribution in [1.82, 2.24) is 4.90 Å². The summed E-state index contributed by atoms with van der Waals surface area (Å²) in [5.41, 5.74) is 2.42. The number of carbonyl (C=O) groups excluding carboxylic acids is 4. The second-order valence-electron chi connectivity index (χ2n) is 10.2. The molecule has 2 aromatic rings. The summed E-state index contributed by atoms with van der Waals surface area (Å²) in [5, 5.41) is 46.2. The third-order valence-corrected chi connectivity index (χ3v) is 8.57. The number of aromatic hydroxyl groups is 2. The molecule has 40 heavy (non-hydrogen) atoms. The van der Waals surface area contributed by atoms with Crippen LogP contribution in [0.15, 0.2) is 18.2 Å². The number of carbonyl (C=O) groups is 4. The van der Waals surface area contributed by atoms with Gasteiger partial charge >= 0.3 is 5.97 Å². The van der Waals surface area contributed by atoms with Gasteiger partial charge in [-0.3, -0.25) is 24.1 Å². The van der Waals surface area contributed by atoms with Crippen LogP contribution in [-0.4, -0.2) is 80.3 Å². The topological polar surface area (TPSA) is 200 Å². The van der Waals surface area contributed by atoms with Crippen molar-refractivity contribution >= 4 is 51.9 Å². The fraction of sp³-hybridized carbons (Fsp3) is 0.481. The van der Waals surface area contributed by atoms with Crippen molar-refractivity contribution in [1.29, 1.82) is 0 Å². The third kappa shape index (κ3) is 4.28. The molecule has 216 valence electrons. The fourth-order valence-corrected chi connectivity index (χ4v) is 6.55. The zero-order valence-electron chi connectivity index (χ0n) is 22.5. The number of aliphatic hydroxyl groups is 2. The van der Waals surface area contributed by atoms with E-state index in [2.05, 4.69) is 4.72 Å². The Morgan fingerprint density at radius 1 is 1.18 bits per heavy atom. The van der Waals surface area contributed by atoms with Crippen molar-refractivity contribution in [3.05, 3.63) is 29.3 Å². The molecule has 0 heterocycles. The number of ether oxygens (including phenoxy) is 1. The largest absolute Gasteiger partial charge is 0.507 e. The van der Waals surface area contributed by atoms with Crippen LogP contribution in [0.5, 0.6) is 11.5 Å². The number of rotatable bonds is 8. The van der Waals surface area contributed by atoms with E-state index in [1.54, 1.807) is 6.07 Å². The smallest absolute Gasteiger partial charge is 0.306 e. The number of likely N-dealkylation sites (N-methyl/N-ethyl adjacent to an activating group) is 1. The number of anilines is 1. The molecule has 2 aliphatic rings. The maximum atomic E-state index is 13.7. The maximum absolute atomic E-state index is 13.7. The summed E-state index contributed by atoms with van der Waals surface area (Å²) in [5.74, 6) is -8.41. The summed E-state index contributed by atoms with van der Waals surface area (Å²) < 4.78 is 8.99. The highest BCUT2D eigenvalue weighted by Gasteiger charge is 2.69. The van der Waals surface area contributed by atoms with Crippen molar-refractivity contribution in [3.63, 3.8) is 0 Å². The number of fused-ring (bicyclic) bond motifs is 3. The lowest BCUT2D eigenvalue weighted by atomic mass is 9.56. The molecule has 1 saturated carbocycles. The van der Waals surface area contributed by atoms with Crippen LogP contribution in [0.25, 0.3) is 10.8 Å². The molecule has 6 atom stereocenters. The van der Waals surface area contributed by atoms with Crippen LogP contribution < -0.4 is 10.5 Å². The van der Waals surface area contributed by atoms with E-state index in [-0.39, 0.29) is 34.4 Å². The first-order valence-electron chi connectivity index (χ1n) is 12.9. The number of esters is 1. The number of phenolic OH excluding ortho intramolecular Hbond substituents is 2. The van der Waals surface area contributed by atoms with E-state index in [9.17, 15) is 39.6 Å². The normalized spacial score (nSPS) is 27.8. The average molecular weight is 576 g/mol. The Kier molecular flexibility index (Phi) is 8.05. The zero-order chi connectivity index (χ0) is 29.7. The second-order valence-corrected chi connectivity index (χ2v) is 11.1. The predicted octanol–water partition coefficient (Wildman–Crippen LogP) is 1.29. The lowest BCUT2D eigenvalue weighted by molar-refractivity contribution is -0.209. The van der Waals surface area contributed by atoms with E-state index in [1.807, 2.05) is 6.92 Å². The summed E-state index contributed by atoms with van der Waals surface area (Å²) in [6.45, 7) is 3.49. The number of benzene rings is 2. The second kappa shape index (κ2) is 10.9. The average Bonchev–Trinajstić information content (AvgIpc) is 2.89. The molecule has 0 aliphatic heterocycles. The van der Waals surface area contributed by atoms with Gasteiger partial charge in [0.1, 0.15) is 23.7 Å². The Morgan fingerprint density at radius 2 is 1.85 bits per heavy atom. The Bertz CT molecular complexity index is 1400. The minimum Gasteiger partial charge on any atom is -0.507 e. The van der Waals surface area contributed by atoms with Crippen molar-refractivity contribution in [2.75, 3.05) is 24.6 Å². The van der Waals surface area contributed by atoms with Crippen LogP contribution >= 0.6 is 11.9 Å². The number of phenols is 2. The highest BCUT2D eigenvalue weighted by Crippen LogP contribution is 2.60. The van der Waals surface area contributed by atoms with Crippen LogP contribution in [0.1, 0.15) is 50.0 Å². The number of Topliss-reactive ketones (excluding diaryl/α,β-unsaturated/α-hetero) is 2. The standard InChI is InChI=1S/C27H33N3O9S/c1-5-10-40-29-19-11-8-7-9-12(31)14(11)21(33)16-15(19)23(39-13(32)6-2)18-20(30(3)4)22(34)17(26(28)37)25(36)27(18,38)24(16)35/h7-9,17-18,20,23-24,29,31,33,35,38H,5-6,10H2,1-4H3,(H2,28,37)/t17?,18-,20+,23+,24?,27+/m1/s1. The number of amides is 1. The number of nitrogens with one attached hydrogen (secondary N) is 1. The Hall–Kier alpha value is -3.39. The van der Waals surface area contributed by atoms with Gasteiger partial charge in [0.2, 0.25) is 5.91 Å². The highest BCUT2D eigenvalue weighted by atomic mass is 32.2. The maximum Gasteiger partial charge on any atom is 0.306 e. The molecule has 0 aromatic heterocycles. The van der Waals surface area contributed by atoms with E-state index in [0.29, 0.717) is 11.1 Å². The van der Waals surface area contributed by atoms with Crippen molar-refractivity contribution in [2.24, 2.45) is 17.6 Å². The molecule has 0 saturated heterocycles. The molecule has 0 radical (unpaired) electrons. The van der Waals surface area contributed by atoms with Gasteiger partial charge in [-0.2, -0.15) is 0 Å². The van der Waals surface area contributed by atoms with Crippen LogP contribution in [-0.2, 0) is 23.9 Å². The van der Waals surface area contributed by atoms with Gasteiger partial charge in [-0.05, 0) is 26.6 Å². The third-order valence-electron chi connectivity index (χ3n) is 7.61. The van der Waals surface area contributed by atoms with Gasteiger partial charge in [-0.25, -0.2) is 0 Å². The molecule has 4 rings (SSSR count). The molecule has 1 amide bonds. The molecule has 1 fully saturated rings. The van der Waals surface area contributed by atoms with Gasteiger partial charge in [0.25, 0.3) is 0 Å². The minimum atomic E-state index is -2.89. The summed E-state index contributed by atoms with van der Waals surface area (Å²) in [6.07, 6.45) is -3.08. The Balaban J connectivity index is 2.17. The zero-order valence-corrected chi connectivity index (χ0v) is 23.3. The first-order chi connectivity index (χ1) is 18.8. The highest BCUT2D eigenvalue weighted by molar-refractivity contribution is 8.00. The fourth-order valence-electron chi connectivity index (χ4n) is 5.88. The number of hydrogen-bond donors (Lipinski definition) is 6. The van der Waals surface area contributed by atoms with E-state index in [4.69, 9.17) is 10.5 Å². The number of nitrogens with two attached hydrogens (primary N) is 1. The Morgan fingerprint density at radius 3 is 2.42 bits per heavy atom. The summed E-state index contributed by atoms with van der Waals surface area (Å²) >= 11 is 1.27. The lowest BCUT2D eigenvalue weighted by Gasteiger charge is -2.54. The van der Waals surface area contributed by atoms with Crippen LogP contribution in [0.2, 0.25) is 0 Å². The molecular weight excluding hydrogens is 542 g/mol. The number of ketones is 2. The molecule has 2 aromatic carbocycles. The molecule has 2 unspecified atom stereocenters. The van der Waals surface area contributed by atoms with Crippen LogP contribution in [0, 0.1) is 11.8 Å². The van der Waals surface area contributed by atoms with E-state index in [0.717, 1.165) is 6.42 Å². The van der Waals surface area contributed by atoms with E-state index in [1.165, 1.54) is 50.0 Å². The number of aliphatic hydroxyl groups excluding tert-OH is 1. The number of hydrogen-bond acceptors (Lipinski definition) is 12. The monoisotopic (exact) mass is 575 g/mol. The molecule has 13 heteroatoms. The van der Waals surface area contributed by atoms with Gasteiger partial charge in [0.05, 0.1) is 23.0 Å². The minimum absolute atomic E-state index is 0.0353. The van der Waals surface area contributed by atoms with Gasteiger partial charge < -0.3 is 35.6 Å². The van der Waals surface area contributed by atoms with Gasteiger partial charge in [0, 0.05) is 28.7 Å². The number of primary amides is 1. The van der Waals surface area contributed by atoms with Gasteiger partial charge in [-0.15, -0.1) is 0 Å². The van der Waals surface area contributed by atoms with Gasteiger partial charge in [0.15, 0.2) is 23.1 Å². The summed E-state index contributed by atoms with van der Waals surface area (Å²) in [7, 11) is 2.95. The molecule has 0 bridgehead atoms. The molecular formula is C27H33N3O9S. The lowest BCUT2D eigenvalue weighted by Crippen LogP contribution is -2.71. The first kappa shape index (κ1) is 29.6. The molecule has 12 nitrogen and oxygen atoms in total. The van der Waals surface area contributed by atoms with Crippen molar-refractivity contribution in [2.45, 2.75) is 50.5 Å². The van der Waals surface area contributed by atoms with Gasteiger partial charge in [-0.1, -0.05) is 37.9 Å². The molecule has 7 N–H and O–H groups in total. The van der Waals surface area contributed by atoms with E-state index < -0.39 is 64.9 Å². The SMILES string of the molecule is CCCSNc1c2c(c(O)c3c(O)cccc13)C(O)[C@]1(O)C(=O)C(C(N)=O)C(=O)[C@@H](N(C)C)[C@@H]1[C@H]2OC(=O)CC. The molecule has 2 aliphatic carbocycles. The quantitative estimate of drug-likeness (QED) is 0.0868. The first-order valence-corrected chi connectivity index (χ1v) is 13.8. The summed E-state index contributed by atoms with van der Waals surface area (Å²) in [6, 6.07) is 3.04. The van der Waals surface area contributed by atoms with Crippen molar-refractivity contribution in [3.8, 4) is 11.5 Å². The van der Waals surface area contributed by atoms with Crippen molar-refractivity contribution < 1.29 is 44.3 Å². The van der Waals surface area contributed by atoms with Crippen LogP contribution in [0.4, 0.5) is 5.69 Å².